The number of benzene rings is 2. The molecule has 0 radical (unpaired) electrons. The fourth-order valence-corrected chi connectivity index (χ4v) is 6.33. The number of para-hydroxylation sites is 2. The van der Waals surface area contributed by atoms with Crippen LogP contribution in [0.4, 0.5) is 16.4 Å². The van der Waals surface area contributed by atoms with Gasteiger partial charge in [0.2, 0.25) is 5.91 Å². The van der Waals surface area contributed by atoms with Crippen molar-refractivity contribution in [1.82, 2.24) is 0 Å². The maximum Gasteiger partial charge on any atom is 0.235 e. The molecule has 0 saturated heterocycles. The number of hydrogen-bond donors (Lipinski definition) is 3. The smallest absolute Gasteiger partial charge is 0.235 e. The molecule has 1 atom stereocenters. The molecule has 9 heteroatoms. The number of thiophene rings is 1. The highest BCUT2D eigenvalue weighted by atomic mass is 32.2. The standard InChI is InChI=1S/C26H26N4O2S3/c1-16-10-11-19-20(14-27)25(35-23(19)12-16)30-24(31)15-34-18-7-5-6-17(13-18)28-26(33)29-21-8-3-4-9-22(21)32-2/h3-9,13,16H,10-12,15H2,1-2H3,(H,30,31)(H2,28,29,33). The van der Waals surface area contributed by atoms with E-state index >= 15 is 0 Å². The average molecular weight is 523 g/mol. The first kappa shape index (κ1) is 25.0. The number of nitriles is 1. The van der Waals surface area contributed by atoms with Gasteiger partial charge in [-0.05, 0) is 73.3 Å². The van der Waals surface area contributed by atoms with Crippen molar-refractivity contribution in [2.45, 2.75) is 31.1 Å². The molecule has 4 rings (SSSR count). The predicted molar refractivity (Wildman–Crippen MR) is 149 cm³/mol. The molecule has 35 heavy (non-hydrogen) atoms. The second-order valence-corrected chi connectivity index (χ2v) is 10.9. The lowest BCUT2D eigenvalue weighted by molar-refractivity contribution is -0.113. The molecule has 3 N–H and O–H groups in total. The number of anilines is 3. The number of amides is 1. The van der Waals surface area contributed by atoms with Crippen LogP contribution < -0.4 is 20.7 Å². The van der Waals surface area contributed by atoms with Gasteiger partial charge in [-0.1, -0.05) is 25.1 Å². The monoisotopic (exact) mass is 522 g/mol. The molecule has 1 aliphatic carbocycles. The van der Waals surface area contributed by atoms with Crippen molar-refractivity contribution in [2.24, 2.45) is 5.92 Å². The average Bonchev–Trinajstić information content (AvgIpc) is 3.19. The van der Waals surface area contributed by atoms with Crippen LogP contribution in [0.3, 0.4) is 0 Å². The lowest BCUT2D eigenvalue weighted by atomic mass is 9.89. The quantitative estimate of drug-likeness (QED) is 0.248. The highest BCUT2D eigenvalue weighted by Gasteiger charge is 2.24. The van der Waals surface area contributed by atoms with Gasteiger partial charge in [0.05, 0.1) is 24.1 Å². The van der Waals surface area contributed by atoms with Gasteiger partial charge in [0, 0.05) is 15.5 Å². The summed E-state index contributed by atoms with van der Waals surface area (Å²) < 4.78 is 5.35. The summed E-state index contributed by atoms with van der Waals surface area (Å²) in [5, 5.41) is 20.0. The molecule has 0 spiro atoms. The number of rotatable bonds is 7. The number of nitrogens with one attached hydrogen (secondary N) is 3. The molecule has 1 aliphatic rings. The van der Waals surface area contributed by atoms with E-state index in [0.717, 1.165) is 41.1 Å². The molecule has 0 aliphatic heterocycles. The zero-order valence-corrected chi connectivity index (χ0v) is 22.0. The Balaban J connectivity index is 1.33. The van der Waals surface area contributed by atoms with Gasteiger partial charge in [-0.3, -0.25) is 4.79 Å². The van der Waals surface area contributed by atoms with Gasteiger partial charge in [-0.2, -0.15) is 5.26 Å². The van der Waals surface area contributed by atoms with Gasteiger partial charge in [0.15, 0.2) is 5.11 Å². The Hall–Kier alpha value is -3.06. The van der Waals surface area contributed by atoms with Crippen molar-refractivity contribution < 1.29 is 9.53 Å². The second kappa shape index (κ2) is 11.6. The predicted octanol–water partition coefficient (Wildman–Crippen LogP) is 6.29. The molecule has 0 saturated carbocycles. The van der Waals surface area contributed by atoms with Crippen molar-refractivity contribution in [2.75, 3.05) is 28.8 Å². The zero-order valence-electron chi connectivity index (χ0n) is 19.5. The van der Waals surface area contributed by atoms with Crippen LogP contribution in [0, 0.1) is 17.2 Å². The summed E-state index contributed by atoms with van der Waals surface area (Å²) in [6, 6.07) is 17.6. The highest BCUT2D eigenvalue weighted by molar-refractivity contribution is 8.00. The Morgan fingerprint density at radius 2 is 2.06 bits per heavy atom. The maximum atomic E-state index is 12.7. The van der Waals surface area contributed by atoms with Crippen LogP contribution in [0.1, 0.15) is 29.3 Å². The molecule has 0 bridgehead atoms. The molecule has 1 unspecified atom stereocenters. The number of fused-ring (bicyclic) bond motifs is 1. The summed E-state index contributed by atoms with van der Waals surface area (Å²) in [4.78, 5) is 14.8. The molecule has 1 heterocycles. The lowest BCUT2D eigenvalue weighted by Gasteiger charge is -2.17. The van der Waals surface area contributed by atoms with E-state index in [1.807, 2.05) is 48.5 Å². The first-order valence-electron chi connectivity index (χ1n) is 11.2. The molecule has 1 amide bonds. The Morgan fingerprint density at radius 1 is 1.23 bits per heavy atom. The summed E-state index contributed by atoms with van der Waals surface area (Å²) in [7, 11) is 1.61. The number of carbonyl (C=O) groups excluding carboxylic acids is 1. The van der Waals surface area contributed by atoms with Crippen molar-refractivity contribution in [3.05, 3.63) is 64.5 Å². The third-order valence-electron chi connectivity index (χ3n) is 5.69. The van der Waals surface area contributed by atoms with E-state index in [2.05, 4.69) is 28.9 Å². The number of carbonyl (C=O) groups is 1. The van der Waals surface area contributed by atoms with Crippen LogP contribution in [0.25, 0.3) is 0 Å². The van der Waals surface area contributed by atoms with E-state index in [1.54, 1.807) is 18.4 Å². The molecular weight excluding hydrogens is 497 g/mol. The first-order valence-corrected chi connectivity index (χ1v) is 13.5. The van der Waals surface area contributed by atoms with Gasteiger partial charge in [0.25, 0.3) is 0 Å². The van der Waals surface area contributed by atoms with Gasteiger partial charge >= 0.3 is 0 Å². The minimum Gasteiger partial charge on any atom is -0.495 e. The summed E-state index contributed by atoms with van der Waals surface area (Å²) >= 11 is 8.42. The summed E-state index contributed by atoms with van der Waals surface area (Å²) in [5.74, 6) is 1.44. The molecule has 0 fully saturated rings. The fraction of sp³-hybridized carbons (Fsp3) is 0.269. The molecule has 3 aromatic rings. The fourth-order valence-electron chi connectivity index (χ4n) is 3.96. The molecule has 6 nitrogen and oxygen atoms in total. The van der Waals surface area contributed by atoms with Crippen molar-refractivity contribution in [3.63, 3.8) is 0 Å². The van der Waals surface area contributed by atoms with E-state index in [0.29, 0.717) is 27.3 Å². The maximum absolute atomic E-state index is 12.7. The van der Waals surface area contributed by atoms with E-state index in [9.17, 15) is 10.1 Å². The van der Waals surface area contributed by atoms with Crippen molar-refractivity contribution >= 4 is 62.7 Å². The van der Waals surface area contributed by atoms with Crippen molar-refractivity contribution in [1.29, 1.82) is 5.26 Å². The molecular formula is C26H26N4O2S3. The van der Waals surface area contributed by atoms with Gasteiger partial charge < -0.3 is 20.7 Å². The topological polar surface area (TPSA) is 86.2 Å². The minimum atomic E-state index is -0.120. The number of hydrogen-bond acceptors (Lipinski definition) is 6. The van der Waals surface area contributed by atoms with E-state index < -0.39 is 0 Å². The summed E-state index contributed by atoms with van der Waals surface area (Å²) in [6.07, 6.45) is 2.98. The largest absolute Gasteiger partial charge is 0.495 e. The second-order valence-electron chi connectivity index (χ2n) is 8.31. The summed E-state index contributed by atoms with van der Waals surface area (Å²) in [5.41, 5.74) is 3.35. The van der Waals surface area contributed by atoms with Gasteiger partial charge in [-0.15, -0.1) is 23.1 Å². The van der Waals surface area contributed by atoms with Gasteiger partial charge in [-0.25, -0.2) is 0 Å². The van der Waals surface area contributed by atoms with Crippen LogP contribution in [-0.4, -0.2) is 23.9 Å². The third-order valence-corrected chi connectivity index (χ3v) is 8.06. The van der Waals surface area contributed by atoms with E-state index in [-0.39, 0.29) is 11.7 Å². The number of thioether (sulfide) groups is 1. The zero-order chi connectivity index (χ0) is 24.8. The Morgan fingerprint density at radius 3 is 2.86 bits per heavy atom. The van der Waals surface area contributed by atoms with E-state index in [1.165, 1.54) is 16.6 Å². The van der Waals surface area contributed by atoms with Crippen LogP contribution in [0.2, 0.25) is 0 Å². The Kier molecular flexibility index (Phi) is 8.29. The van der Waals surface area contributed by atoms with Gasteiger partial charge in [0.1, 0.15) is 16.8 Å². The van der Waals surface area contributed by atoms with Crippen molar-refractivity contribution in [3.8, 4) is 11.8 Å². The Labute approximate surface area is 219 Å². The van der Waals surface area contributed by atoms with Crippen LogP contribution in [-0.2, 0) is 17.6 Å². The van der Waals surface area contributed by atoms with Crippen LogP contribution in [0.5, 0.6) is 5.75 Å². The molecule has 2 aromatic carbocycles. The highest BCUT2D eigenvalue weighted by Crippen LogP contribution is 2.39. The normalized spacial score (nSPS) is 14.4. The molecule has 180 valence electrons. The minimum absolute atomic E-state index is 0.120. The summed E-state index contributed by atoms with van der Waals surface area (Å²) in [6.45, 7) is 2.23. The van der Waals surface area contributed by atoms with Crippen LogP contribution >= 0.6 is 35.3 Å². The number of methoxy groups -OCH3 is 1. The number of thiocarbonyl (C=S) groups is 1. The SMILES string of the molecule is COc1ccccc1NC(=S)Nc1cccc(SCC(=O)Nc2sc3c(c2C#N)CCC(C)C3)c1. The van der Waals surface area contributed by atoms with Crippen LogP contribution in [0.15, 0.2) is 53.4 Å². The lowest BCUT2D eigenvalue weighted by Crippen LogP contribution is -2.19. The molecule has 1 aromatic heterocycles. The number of nitrogens with zero attached hydrogens (tertiary/aromatic N) is 1. The number of ether oxygens (including phenoxy) is 1. The first-order chi connectivity index (χ1) is 17.0. The third kappa shape index (κ3) is 6.34. The Bertz CT molecular complexity index is 1280. The van der Waals surface area contributed by atoms with E-state index in [4.69, 9.17) is 17.0 Å².